The summed E-state index contributed by atoms with van der Waals surface area (Å²) in [5, 5.41) is 17.5. The number of alkyl halides is 3. The summed E-state index contributed by atoms with van der Waals surface area (Å²) in [5.74, 6) is 0.619. The molecule has 0 aliphatic rings. The molecule has 114 valence electrons. The number of thioether (sulfide) groups is 1. The Kier molecular flexibility index (Phi) is 4.89. The molecular weight excluding hydrogens is 303 g/mol. The minimum atomic E-state index is -4.35. The molecule has 1 heterocycles. The van der Waals surface area contributed by atoms with Crippen LogP contribution in [0.4, 0.5) is 13.2 Å². The first-order valence-corrected chi connectivity index (χ1v) is 7.46. The van der Waals surface area contributed by atoms with Gasteiger partial charge in [-0.05, 0) is 36.9 Å². The molecule has 4 nitrogen and oxygen atoms in total. The van der Waals surface area contributed by atoms with E-state index >= 15 is 0 Å². The highest BCUT2D eigenvalue weighted by atomic mass is 32.2. The normalized spacial score (nSPS) is 11.9. The van der Waals surface area contributed by atoms with Crippen molar-refractivity contribution in [3.05, 3.63) is 35.7 Å². The van der Waals surface area contributed by atoms with Crippen LogP contribution in [0.1, 0.15) is 17.8 Å². The highest BCUT2D eigenvalue weighted by molar-refractivity contribution is 7.98. The smallest absolute Gasteiger partial charge is 0.396 e. The zero-order valence-electron chi connectivity index (χ0n) is 11.3. The number of aryl methyl sites for hydroxylation is 1. The molecule has 0 aliphatic carbocycles. The van der Waals surface area contributed by atoms with E-state index in [1.54, 1.807) is 4.57 Å². The van der Waals surface area contributed by atoms with Crippen LogP contribution in [0.15, 0.2) is 29.4 Å². The van der Waals surface area contributed by atoms with E-state index in [1.165, 1.54) is 23.9 Å². The molecule has 0 fully saturated rings. The zero-order valence-corrected chi connectivity index (χ0v) is 12.1. The number of halogens is 3. The Balaban J connectivity index is 2.38. The van der Waals surface area contributed by atoms with Gasteiger partial charge in [0.15, 0.2) is 5.16 Å². The Bertz CT molecular complexity index is 596. The number of nitrogens with zero attached hydrogens (tertiary/aromatic N) is 3. The maximum absolute atomic E-state index is 12.6. The Morgan fingerprint density at radius 2 is 1.86 bits per heavy atom. The molecule has 0 unspecified atom stereocenters. The van der Waals surface area contributed by atoms with E-state index in [1.807, 2.05) is 6.26 Å². The van der Waals surface area contributed by atoms with Crippen LogP contribution in [0.3, 0.4) is 0 Å². The Morgan fingerprint density at radius 3 is 2.38 bits per heavy atom. The van der Waals surface area contributed by atoms with Gasteiger partial charge in [-0.3, -0.25) is 4.57 Å². The second-order valence-corrected chi connectivity index (χ2v) is 5.08. The molecule has 0 saturated carbocycles. The molecule has 0 radical (unpaired) electrons. The molecular formula is C13H14F3N3OS. The number of hydrogen-bond acceptors (Lipinski definition) is 4. The van der Waals surface area contributed by atoms with Crippen molar-refractivity contribution in [2.24, 2.45) is 0 Å². The summed E-state index contributed by atoms with van der Waals surface area (Å²) in [6, 6.07) is 4.87. The highest BCUT2D eigenvalue weighted by Gasteiger charge is 2.30. The van der Waals surface area contributed by atoms with E-state index in [2.05, 4.69) is 10.2 Å². The van der Waals surface area contributed by atoms with Crippen LogP contribution in [0, 0.1) is 0 Å². The van der Waals surface area contributed by atoms with Crippen molar-refractivity contribution in [2.75, 3.05) is 12.9 Å². The first-order chi connectivity index (χ1) is 9.97. The van der Waals surface area contributed by atoms with Crippen LogP contribution >= 0.6 is 11.8 Å². The molecule has 2 rings (SSSR count). The predicted molar refractivity (Wildman–Crippen MR) is 73.5 cm³/mol. The van der Waals surface area contributed by atoms with Crippen LogP contribution in [0.2, 0.25) is 0 Å². The molecule has 1 aromatic carbocycles. The van der Waals surface area contributed by atoms with Crippen LogP contribution in [0.5, 0.6) is 0 Å². The first kappa shape index (κ1) is 15.8. The van der Waals surface area contributed by atoms with Gasteiger partial charge in [-0.1, -0.05) is 11.8 Å². The van der Waals surface area contributed by atoms with E-state index < -0.39 is 11.7 Å². The number of rotatable bonds is 5. The maximum Gasteiger partial charge on any atom is 0.416 e. The van der Waals surface area contributed by atoms with Gasteiger partial charge in [-0.25, -0.2) is 0 Å². The average molecular weight is 317 g/mol. The van der Waals surface area contributed by atoms with Crippen molar-refractivity contribution in [2.45, 2.75) is 24.2 Å². The number of benzene rings is 1. The fourth-order valence-corrected chi connectivity index (χ4v) is 2.41. The molecule has 1 N–H and O–H groups in total. The highest BCUT2D eigenvalue weighted by Crippen LogP contribution is 2.30. The molecule has 21 heavy (non-hydrogen) atoms. The molecule has 0 amide bonds. The van der Waals surface area contributed by atoms with E-state index in [0.29, 0.717) is 29.5 Å². The first-order valence-electron chi connectivity index (χ1n) is 6.24. The average Bonchev–Trinajstić information content (AvgIpc) is 2.87. The zero-order chi connectivity index (χ0) is 15.5. The largest absolute Gasteiger partial charge is 0.416 e. The number of aromatic nitrogens is 3. The summed E-state index contributed by atoms with van der Waals surface area (Å²) in [6.45, 7) is 0.0223. The SMILES string of the molecule is CSc1nnc(CCCO)n1-c1ccc(C(F)(F)F)cc1. The van der Waals surface area contributed by atoms with E-state index in [4.69, 9.17) is 5.11 Å². The lowest BCUT2D eigenvalue weighted by Crippen LogP contribution is -2.07. The second-order valence-electron chi connectivity index (χ2n) is 4.31. The van der Waals surface area contributed by atoms with Gasteiger partial charge in [0.25, 0.3) is 0 Å². The summed E-state index contributed by atoms with van der Waals surface area (Å²) >= 11 is 1.36. The lowest BCUT2D eigenvalue weighted by atomic mass is 10.2. The quantitative estimate of drug-likeness (QED) is 0.862. The Hall–Kier alpha value is -1.54. The minimum Gasteiger partial charge on any atom is -0.396 e. The van der Waals surface area contributed by atoms with Crippen LogP contribution in [0.25, 0.3) is 5.69 Å². The predicted octanol–water partition coefficient (Wildman–Crippen LogP) is 2.93. The molecule has 8 heteroatoms. The van der Waals surface area contributed by atoms with Gasteiger partial charge in [0, 0.05) is 18.7 Å². The van der Waals surface area contributed by atoms with Crippen molar-refractivity contribution in [1.82, 2.24) is 14.8 Å². The van der Waals surface area contributed by atoms with Gasteiger partial charge in [0.2, 0.25) is 0 Å². The molecule has 0 bridgehead atoms. The number of hydrogen-bond donors (Lipinski definition) is 1. The number of aliphatic hydroxyl groups excluding tert-OH is 1. The molecule has 0 spiro atoms. The number of aliphatic hydroxyl groups is 1. The molecule has 2 aromatic rings. The summed E-state index contributed by atoms with van der Waals surface area (Å²) in [7, 11) is 0. The van der Waals surface area contributed by atoms with E-state index in [0.717, 1.165) is 12.1 Å². The van der Waals surface area contributed by atoms with Gasteiger partial charge in [-0.15, -0.1) is 10.2 Å². The third-order valence-electron chi connectivity index (χ3n) is 2.89. The van der Waals surface area contributed by atoms with Gasteiger partial charge in [-0.2, -0.15) is 13.2 Å². The molecule has 0 aliphatic heterocycles. The minimum absolute atomic E-state index is 0.0223. The van der Waals surface area contributed by atoms with Crippen LogP contribution in [-0.4, -0.2) is 32.7 Å². The molecule has 1 aromatic heterocycles. The van der Waals surface area contributed by atoms with Gasteiger partial charge >= 0.3 is 6.18 Å². The topological polar surface area (TPSA) is 50.9 Å². The van der Waals surface area contributed by atoms with Crippen LogP contribution < -0.4 is 0 Å². The fraction of sp³-hybridized carbons (Fsp3) is 0.385. The Morgan fingerprint density at radius 1 is 1.19 bits per heavy atom. The van der Waals surface area contributed by atoms with E-state index in [-0.39, 0.29) is 6.61 Å². The molecule has 0 atom stereocenters. The molecule has 0 saturated heterocycles. The van der Waals surface area contributed by atoms with Crippen LogP contribution in [-0.2, 0) is 12.6 Å². The van der Waals surface area contributed by atoms with E-state index in [9.17, 15) is 13.2 Å². The standard InChI is InChI=1S/C13H14F3N3OS/c1-21-12-18-17-11(3-2-8-20)19(12)10-6-4-9(5-7-10)13(14,15)16/h4-7,20H,2-3,8H2,1H3. The van der Waals surface area contributed by atoms with Gasteiger partial charge in [0.1, 0.15) is 5.82 Å². The van der Waals surface area contributed by atoms with Crippen molar-refractivity contribution in [3.63, 3.8) is 0 Å². The lowest BCUT2D eigenvalue weighted by Gasteiger charge is -2.11. The fourth-order valence-electron chi connectivity index (χ4n) is 1.89. The van der Waals surface area contributed by atoms with Crippen molar-refractivity contribution in [1.29, 1.82) is 0 Å². The monoisotopic (exact) mass is 317 g/mol. The summed E-state index contributed by atoms with van der Waals surface area (Å²) in [5.41, 5.74) is -0.118. The third-order valence-corrected chi connectivity index (χ3v) is 3.52. The van der Waals surface area contributed by atoms with Crippen molar-refractivity contribution >= 4 is 11.8 Å². The summed E-state index contributed by atoms with van der Waals surface area (Å²) < 4.78 is 39.5. The van der Waals surface area contributed by atoms with Gasteiger partial charge < -0.3 is 5.11 Å². The Labute approximate surface area is 124 Å². The summed E-state index contributed by atoms with van der Waals surface area (Å²) in [4.78, 5) is 0. The van der Waals surface area contributed by atoms with Gasteiger partial charge in [0.05, 0.1) is 5.56 Å². The third kappa shape index (κ3) is 3.56. The lowest BCUT2D eigenvalue weighted by molar-refractivity contribution is -0.137. The maximum atomic E-state index is 12.6. The summed E-state index contributed by atoms with van der Waals surface area (Å²) in [6.07, 6.45) is -1.51. The van der Waals surface area contributed by atoms with Crippen molar-refractivity contribution < 1.29 is 18.3 Å². The second kappa shape index (κ2) is 6.48. The van der Waals surface area contributed by atoms with Crippen molar-refractivity contribution in [3.8, 4) is 5.69 Å².